The second-order valence-corrected chi connectivity index (χ2v) is 9.55. The van der Waals surface area contributed by atoms with Crippen LogP contribution in [0.5, 0.6) is 5.75 Å². The van der Waals surface area contributed by atoms with E-state index in [-0.39, 0.29) is 23.1 Å². The molecule has 3 aromatic rings. The lowest BCUT2D eigenvalue weighted by Crippen LogP contribution is -2.35. The number of hydrogen-bond donors (Lipinski definition) is 2. The van der Waals surface area contributed by atoms with Crippen LogP contribution in [0.25, 0.3) is 0 Å². The van der Waals surface area contributed by atoms with Crippen LogP contribution in [-0.4, -0.2) is 20.8 Å². The molecule has 2 aromatic carbocycles. The highest BCUT2D eigenvalue weighted by Gasteiger charge is 2.44. The maximum atomic E-state index is 12.7. The van der Waals surface area contributed by atoms with E-state index in [0.29, 0.717) is 6.54 Å². The summed E-state index contributed by atoms with van der Waals surface area (Å²) in [6.45, 7) is 5.28. The Morgan fingerprint density at radius 1 is 1.06 bits per heavy atom. The van der Waals surface area contributed by atoms with Crippen LogP contribution in [0.4, 0.5) is 0 Å². The summed E-state index contributed by atoms with van der Waals surface area (Å²) >= 11 is 0. The summed E-state index contributed by atoms with van der Waals surface area (Å²) in [5.74, 6) is -1.06. The lowest BCUT2D eigenvalue weighted by molar-refractivity contribution is 0.0940. The average molecular weight is 432 g/mol. The van der Waals surface area contributed by atoms with Crippen LogP contribution in [0.15, 0.2) is 71.7 Å². The van der Waals surface area contributed by atoms with E-state index in [1.165, 1.54) is 11.8 Å². The molecule has 6 nitrogen and oxygen atoms in total. The van der Waals surface area contributed by atoms with Crippen LogP contribution in [0.1, 0.15) is 54.7 Å². The molecular weight excluding hydrogens is 402 g/mol. The van der Waals surface area contributed by atoms with Crippen molar-refractivity contribution in [1.82, 2.24) is 15.1 Å². The SMILES string of the molecule is CC1(C)CCC(Cn2cc(O)c(=O)c(C(=O)NCc3ccccc3)n2)(c2ccccc2)C1. The third-order valence-electron chi connectivity index (χ3n) is 6.41. The quantitative estimate of drug-likeness (QED) is 0.617. The van der Waals surface area contributed by atoms with E-state index in [0.717, 1.165) is 24.8 Å². The number of hydrogen-bond acceptors (Lipinski definition) is 4. The molecule has 6 heteroatoms. The van der Waals surface area contributed by atoms with Gasteiger partial charge in [-0.2, -0.15) is 5.10 Å². The molecule has 1 aliphatic rings. The Balaban J connectivity index is 1.63. The Bertz CT molecular complexity index is 1160. The fraction of sp³-hybridized carbons (Fsp3) is 0.346. The molecule has 32 heavy (non-hydrogen) atoms. The van der Waals surface area contributed by atoms with Gasteiger partial charge >= 0.3 is 0 Å². The van der Waals surface area contributed by atoms with Crippen molar-refractivity contribution in [2.24, 2.45) is 5.41 Å². The third kappa shape index (κ3) is 4.59. The van der Waals surface area contributed by atoms with Crippen molar-refractivity contribution < 1.29 is 9.90 Å². The molecule has 166 valence electrons. The van der Waals surface area contributed by atoms with Crippen molar-refractivity contribution in [3.63, 3.8) is 0 Å². The van der Waals surface area contributed by atoms with Crippen molar-refractivity contribution in [1.29, 1.82) is 0 Å². The van der Waals surface area contributed by atoms with Gasteiger partial charge in [-0.3, -0.25) is 14.3 Å². The van der Waals surface area contributed by atoms with E-state index in [9.17, 15) is 14.7 Å². The molecule has 1 heterocycles. The fourth-order valence-corrected chi connectivity index (χ4v) is 4.86. The molecule has 0 radical (unpaired) electrons. The summed E-state index contributed by atoms with van der Waals surface area (Å²) in [4.78, 5) is 25.2. The number of rotatable bonds is 6. The molecule has 1 fully saturated rings. The highest BCUT2D eigenvalue weighted by molar-refractivity contribution is 5.92. The van der Waals surface area contributed by atoms with Gasteiger partial charge in [-0.25, -0.2) is 0 Å². The largest absolute Gasteiger partial charge is 0.503 e. The zero-order valence-corrected chi connectivity index (χ0v) is 18.5. The van der Waals surface area contributed by atoms with Crippen molar-refractivity contribution in [2.45, 2.75) is 51.6 Å². The Morgan fingerprint density at radius 2 is 1.72 bits per heavy atom. The van der Waals surface area contributed by atoms with Crippen LogP contribution in [0.2, 0.25) is 0 Å². The molecule has 0 spiro atoms. The lowest BCUT2D eigenvalue weighted by atomic mass is 9.76. The second kappa shape index (κ2) is 8.61. The molecule has 0 saturated heterocycles. The molecule has 0 bridgehead atoms. The zero-order valence-electron chi connectivity index (χ0n) is 18.5. The molecule has 1 aliphatic carbocycles. The fourth-order valence-electron chi connectivity index (χ4n) is 4.86. The summed E-state index contributed by atoms with van der Waals surface area (Å²) < 4.78 is 1.56. The van der Waals surface area contributed by atoms with Gasteiger partial charge in [0.05, 0.1) is 12.7 Å². The number of aromatic hydroxyl groups is 1. The van der Waals surface area contributed by atoms with Gasteiger partial charge in [0.15, 0.2) is 11.4 Å². The van der Waals surface area contributed by atoms with Gasteiger partial charge in [0, 0.05) is 12.0 Å². The highest BCUT2D eigenvalue weighted by atomic mass is 16.3. The summed E-state index contributed by atoms with van der Waals surface area (Å²) in [7, 11) is 0. The Morgan fingerprint density at radius 3 is 2.34 bits per heavy atom. The predicted molar refractivity (Wildman–Crippen MR) is 124 cm³/mol. The number of amides is 1. The molecule has 0 aliphatic heterocycles. The summed E-state index contributed by atoms with van der Waals surface area (Å²) in [6.07, 6.45) is 4.33. The molecule has 1 aromatic heterocycles. The van der Waals surface area contributed by atoms with Gasteiger partial charge in [0.25, 0.3) is 11.3 Å². The molecule has 1 atom stereocenters. The predicted octanol–water partition coefficient (Wildman–Crippen LogP) is 4.03. The number of carbonyl (C=O) groups is 1. The van der Waals surface area contributed by atoms with E-state index in [1.54, 1.807) is 4.68 Å². The smallest absolute Gasteiger partial charge is 0.276 e. The van der Waals surface area contributed by atoms with Gasteiger partial charge in [-0.15, -0.1) is 0 Å². The van der Waals surface area contributed by atoms with Gasteiger partial charge in [-0.1, -0.05) is 74.5 Å². The van der Waals surface area contributed by atoms with E-state index in [1.807, 2.05) is 48.5 Å². The van der Waals surface area contributed by atoms with Crippen LogP contribution in [0, 0.1) is 5.41 Å². The van der Waals surface area contributed by atoms with Gasteiger partial charge < -0.3 is 10.4 Å². The molecule has 1 amide bonds. The summed E-state index contributed by atoms with van der Waals surface area (Å²) in [5, 5.41) is 17.4. The standard InChI is InChI=1S/C26H29N3O3/c1-25(2)13-14-26(17-25,20-11-7-4-8-12-20)18-29-16-21(30)23(31)22(28-29)24(32)27-15-19-9-5-3-6-10-19/h3-12,16,30H,13-15,17-18H2,1-2H3,(H,27,32). The summed E-state index contributed by atoms with van der Waals surface area (Å²) in [5.41, 5.74) is 1.07. The van der Waals surface area contributed by atoms with Crippen molar-refractivity contribution in [3.8, 4) is 5.75 Å². The minimum absolute atomic E-state index is 0.173. The number of carbonyl (C=O) groups excluding carboxylic acids is 1. The van der Waals surface area contributed by atoms with Crippen molar-refractivity contribution in [2.75, 3.05) is 0 Å². The lowest BCUT2D eigenvalue weighted by Gasteiger charge is -2.32. The first kappa shape index (κ1) is 21.8. The zero-order chi connectivity index (χ0) is 22.8. The minimum atomic E-state index is -0.757. The van der Waals surface area contributed by atoms with E-state index in [4.69, 9.17) is 0 Å². The van der Waals surface area contributed by atoms with Gasteiger partial charge in [0.2, 0.25) is 0 Å². The normalized spacial score (nSPS) is 19.6. The number of nitrogens with zero attached hydrogens (tertiary/aromatic N) is 2. The van der Waals surface area contributed by atoms with Crippen LogP contribution in [0.3, 0.4) is 0 Å². The second-order valence-electron chi connectivity index (χ2n) is 9.55. The molecule has 1 unspecified atom stereocenters. The van der Waals surface area contributed by atoms with E-state index < -0.39 is 17.1 Å². The van der Waals surface area contributed by atoms with Crippen LogP contribution in [-0.2, 0) is 18.5 Å². The summed E-state index contributed by atoms with van der Waals surface area (Å²) in [6, 6.07) is 19.7. The minimum Gasteiger partial charge on any atom is -0.503 e. The van der Waals surface area contributed by atoms with Crippen molar-refractivity contribution in [3.05, 3.63) is 93.9 Å². The number of aromatic nitrogens is 2. The Kier molecular flexibility index (Phi) is 5.87. The topological polar surface area (TPSA) is 84.2 Å². The first-order valence-corrected chi connectivity index (χ1v) is 11.0. The van der Waals surface area contributed by atoms with Crippen LogP contribution >= 0.6 is 0 Å². The maximum absolute atomic E-state index is 12.7. The third-order valence-corrected chi connectivity index (χ3v) is 6.41. The van der Waals surface area contributed by atoms with Gasteiger partial charge in [-0.05, 0) is 35.8 Å². The molecule has 1 saturated carbocycles. The molecule has 2 N–H and O–H groups in total. The maximum Gasteiger partial charge on any atom is 0.276 e. The average Bonchev–Trinajstić information content (AvgIpc) is 3.11. The van der Waals surface area contributed by atoms with Crippen molar-refractivity contribution >= 4 is 5.91 Å². The first-order valence-electron chi connectivity index (χ1n) is 11.0. The van der Waals surface area contributed by atoms with Crippen LogP contribution < -0.4 is 10.7 Å². The Hall–Kier alpha value is -3.41. The highest BCUT2D eigenvalue weighted by Crippen LogP contribution is 2.51. The number of benzene rings is 2. The molecular formula is C26H29N3O3. The number of nitrogens with one attached hydrogen (secondary N) is 1. The van der Waals surface area contributed by atoms with Gasteiger partial charge in [0.1, 0.15) is 0 Å². The molecule has 4 rings (SSSR count). The van der Waals surface area contributed by atoms with E-state index in [2.05, 4.69) is 36.4 Å². The Labute approximate surface area is 187 Å². The van der Waals surface area contributed by atoms with E-state index >= 15 is 0 Å². The first-order chi connectivity index (χ1) is 15.3. The monoisotopic (exact) mass is 431 g/mol.